The van der Waals surface area contributed by atoms with Crippen LogP contribution in [0, 0.1) is 5.82 Å². The largest absolute Gasteiger partial charge is 0.483 e. The first-order chi connectivity index (χ1) is 14.6. The average Bonchev–Trinajstić information content (AvgIpc) is 3.48. The van der Waals surface area contributed by atoms with Crippen molar-refractivity contribution in [2.24, 2.45) is 0 Å². The van der Waals surface area contributed by atoms with E-state index in [1.807, 2.05) is 21.7 Å². The van der Waals surface area contributed by atoms with E-state index in [-0.39, 0.29) is 18.9 Å². The third kappa shape index (κ3) is 3.59. The molecule has 0 saturated carbocycles. The van der Waals surface area contributed by atoms with Gasteiger partial charge >= 0.3 is 0 Å². The Morgan fingerprint density at radius 2 is 2.00 bits per heavy atom. The van der Waals surface area contributed by atoms with Gasteiger partial charge in [-0.15, -0.1) is 0 Å². The number of carboxylic acid groups (broad SMARTS) is 1. The summed E-state index contributed by atoms with van der Waals surface area (Å²) in [6.45, 7) is 1.66. The number of hydrogen-bond acceptors (Lipinski definition) is 5. The summed E-state index contributed by atoms with van der Waals surface area (Å²) in [5.41, 5.74) is 2.73. The number of amides is 1. The molecular formula is C20H19FN6O3. The van der Waals surface area contributed by atoms with Crippen LogP contribution >= 0.6 is 0 Å². The number of likely N-dealkylation sites (tertiary alicyclic amines) is 1. The summed E-state index contributed by atoms with van der Waals surface area (Å²) >= 11 is 0. The van der Waals surface area contributed by atoms with E-state index >= 15 is 0 Å². The van der Waals surface area contributed by atoms with Gasteiger partial charge in [0.15, 0.2) is 0 Å². The van der Waals surface area contributed by atoms with Gasteiger partial charge in [-0.1, -0.05) is 0 Å². The Labute approximate surface area is 170 Å². The van der Waals surface area contributed by atoms with Gasteiger partial charge in [-0.2, -0.15) is 0 Å². The van der Waals surface area contributed by atoms with Gasteiger partial charge < -0.3 is 19.6 Å². The maximum absolute atomic E-state index is 13.7. The monoisotopic (exact) mass is 410 g/mol. The first-order valence-corrected chi connectivity index (χ1v) is 9.41. The minimum Gasteiger partial charge on any atom is -0.483 e. The predicted molar refractivity (Wildman–Crippen MR) is 107 cm³/mol. The Bertz CT molecular complexity index is 1210. The average molecular weight is 410 g/mol. The van der Waals surface area contributed by atoms with Crippen molar-refractivity contribution < 1.29 is 19.1 Å². The van der Waals surface area contributed by atoms with Crippen LogP contribution in [0.4, 0.5) is 4.39 Å². The zero-order chi connectivity index (χ0) is 21.1. The highest BCUT2D eigenvalue weighted by Crippen LogP contribution is 2.31. The second kappa shape index (κ2) is 8.27. The molecule has 0 unspecified atom stereocenters. The first kappa shape index (κ1) is 19.5. The molecule has 4 aromatic rings. The van der Waals surface area contributed by atoms with Crippen LogP contribution in [-0.4, -0.2) is 60.0 Å². The number of fused-ring (bicyclic) bond motifs is 2. The van der Waals surface area contributed by atoms with E-state index < -0.39 is 5.82 Å². The lowest BCUT2D eigenvalue weighted by atomic mass is 10.1. The molecule has 0 spiro atoms. The van der Waals surface area contributed by atoms with E-state index in [4.69, 9.17) is 9.90 Å². The fourth-order valence-corrected chi connectivity index (χ4v) is 3.73. The molecule has 1 aliphatic heterocycles. The van der Waals surface area contributed by atoms with Gasteiger partial charge in [-0.25, -0.2) is 19.3 Å². The number of nitrogens with one attached hydrogen (secondary N) is 1. The van der Waals surface area contributed by atoms with Crippen LogP contribution in [0.5, 0.6) is 0 Å². The SMILES string of the molecule is O=C(Cn1ccc2c(-c3c[nH]c4ncc(F)cc34)ncnc21)N1CCCC1.O=CO. The van der Waals surface area contributed by atoms with Gasteiger partial charge in [0.25, 0.3) is 6.47 Å². The van der Waals surface area contributed by atoms with Crippen molar-refractivity contribution in [2.75, 3.05) is 13.1 Å². The molecule has 1 aliphatic rings. The van der Waals surface area contributed by atoms with Crippen molar-refractivity contribution in [3.8, 4) is 11.3 Å². The summed E-state index contributed by atoms with van der Waals surface area (Å²) in [6.07, 6.45) is 8.40. The summed E-state index contributed by atoms with van der Waals surface area (Å²) in [6, 6.07) is 3.34. The Hall–Kier alpha value is -3.82. The highest BCUT2D eigenvalue weighted by atomic mass is 19.1. The minimum atomic E-state index is -0.401. The van der Waals surface area contributed by atoms with Crippen molar-refractivity contribution in [2.45, 2.75) is 19.4 Å². The van der Waals surface area contributed by atoms with Crippen molar-refractivity contribution in [3.63, 3.8) is 0 Å². The number of aromatic nitrogens is 5. The molecule has 1 amide bonds. The third-order valence-corrected chi connectivity index (χ3v) is 5.07. The molecular weight excluding hydrogens is 391 g/mol. The zero-order valence-corrected chi connectivity index (χ0v) is 16.0. The van der Waals surface area contributed by atoms with Crippen molar-refractivity contribution in [1.29, 1.82) is 0 Å². The fraction of sp³-hybridized carbons (Fsp3) is 0.250. The summed E-state index contributed by atoms with van der Waals surface area (Å²) in [4.78, 5) is 38.6. The maximum Gasteiger partial charge on any atom is 0.290 e. The van der Waals surface area contributed by atoms with E-state index in [2.05, 4.69) is 19.9 Å². The zero-order valence-electron chi connectivity index (χ0n) is 16.0. The fourth-order valence-electron chi connectivity index (χ4n) is 3.73. The minimum absolute atomic E-state index is 0.100. The Balaban J connectivity index is 0.000000687. The molecule has 0 bridgehead atoms. The molecule has 10 heteroatoms. The summed E-state index contributed by atoms with van der Waals surface area (Å²) in [5.74, 6) is -0.300. The van der Waals surface area contributed by atoms with Crippen molar-refractivity contribution >= 4 is 34.4 Å². The molecule has 0 aromatic carbocycles. The molecule has 1 fully saturated rings. The van der Waals surface area contributed by atoms with Gasteiger partial charge in [0.05, 0.1) is 11.9 Å². The quantitative estimate of drug-likeness (QED) is 0.501. The van der Waals surface area contributed by atoms with Gasteiger partial charge in [0, 0.05) is 41.8 Å². The number of H-pyrrole nitrogens is 1. The van der Waals surface area contributed by atoms with E-state index in [1.165, 1.54) is 18.6 Å². The normalized spacial score (nSPS) is 13.4. The lowest BCUT2D eigenvalue weighted by Gasteiger charge is -2.15. The number of pyridine rings is 1. The molecule has 0 radical (unpaired) electrons. The Morgan fingerprint density at radius 3 is 2.77 bits per heavy atom. The van der Waals surface area contributed by atoms with Crippen LogP contribution in [-0.2, 0) is 16.1 Å². The van der Waals surface area contributed by atoms with Crippen LogP contribution in [0.1, 0.15) is 12.8 Å². The second-order valence-corrected chi connectivity index (χ2v) is 6.85. The van der Waals surface area contributed by atoms with Gasteiger partial charge in [-0.05, 0) is 25.0 Å². The standard InChI is InChI=1S/C19H17FN6O.CH2O2/c20-12-7-14-15(9-22-18(14)21-8-12)17-13-3-6-26(19(13)24-11-23-17)10-16(27)25-4-1-2-5-25;2-1-3/h3,6-9,11H,1-2,4-5,10H2,(H,21,22);1H,(H,2,3). The lowest BCUT2D eigenvalue weighted by Crippen LogP contribution is -2.30. The van der Waals surface area contributed by atoms with Gasteiger partial charge in [0.2, 0.25) is 5.91 Å². The number of carbonyl (C=O) groups is 2. The molecule has 0 aliphatic carbocycles. The maximum atomic E-state index is 13.7. The molecule has 0 atom stereocenters. The highest BCUT2D eigenvalue weighted by Gasteiger charge is 2.20. The molecule has 30 heavy (non-hydrogen) atoms. The van der Waals surface area contributed by atoms with E-state index in [0.717, 1.165) is 36.9 Å². The number of nitrogens with zero attached hydrogens (tertiary/aromatic N) is 5. The molecule has 5 heterocycles. The molecule has 9 nitrogen and oxygen atoms in total. The smallest absolute Gasteiger partial charge is 0.290 e. The lowest BCUT2D eigenvalue weighted by molar-refractivity contribution is -0.130. The van der Waals surface area contributed by atoms with Gasteiger partial charge in [-0.3, -0.25) is 9.59 Å². The molecule has 1 saturated heterocycles. The van der Waals surface area contributed by atoms with Crippen LogP contribution in [0.15, 0.2) is 37.1 Å². The second-order valence-electron chi connectivity index (χ2n) is 6.85. The molecule has 2 N–H and O–H groups in total. The Kier molecular flexibility index (Phi) is 5.38. The number of carbonyl (C=O) groups excluding carboxylic acids is 1. The van der Waals surface area contributed by atoms with Gasteiger partial charge in [0.1, 0.15) is 30.0 Å². The van der Waals surface area contributed by atoms with Crippen molar-refractivity contribution in [1.82, 2.24) is 29.4 Å². The van der Waals surface area contributed by atoms with Crippen LogP contribution in [0.2, 0.25) is 0 Å². The van der Waals surface area contributed by atoms with E-state index in [9.17, 15) is 9.18 Å². The summed E-state index contributed by atoms with van der Waals surface area (Å²) < 4.78 is 15.5. The van der Waals surface area contributed by atoms with Crippen molar-refractivity contribution in [3.05, 3.63) is 42.9 Å². The molecule has 4 aromatic heterocycles. The first-order valence-electron chi connectivity index (χ1n) is 9.41. The molecule has 154 valence electrons. The predicted octanol–water partition coefficient (Wildman–Crippen LogP) is 2.44. The van der Waals surface area contributed by atoms with Crippen LogP contribution < -0.4 is 0 Å². The van der Waals surface area contributed by atoms with Crippen LogP contribution in [0.25, 0.3) is 33.3 Å². The number of hydrogen-bond donors (Lipinski definition) is 2. The van der Waals surface area contributed by atoms with E-state index in [0.29, 0.717) is 22.4 Å². The highest BCUT2D eigenvalue weighted by molar-refractivity contribution is 6.01. The Morgan fingerprint density at radius 1 is 1.23 bits per heavy atom. The number of halogens is 1. The topological polar surface area (TPSA) is 117 Å². The summed E-state index contributed by atoms with van der Waals surface area (Å²) in [7, 11) is 0. The molecule has 5 rings (SSSR count). The van der Waals surface area contributed by atoms with Crippen LogP contribution in [0.3, 0.4) is 0 Å². The number of rotatable bonds is 3. The van der Waals surface area contributed by atoms with E-state index in [1.54, 1.807) is 6.20 Å². The third-order valence-electron chi connectivity index (χ3n) is 5.07. The number of aromatic amines is 1. The summed E-state index contributed by atoms with van der Waals surface area (Å²) in [5, 5.41) is 8.37.